The van der Waals surface area contributed by atoms with Gasteiger partial charge in [-0.1, -0.05) is 44.3 Å². The van der Waals surface area contributed by atoms with Crippen LogP contribution in [0.1, 0.15) is 51.4 Å². The summed E-state index contributed by atoms with van der Waals surface area (Å²) in [5.74, 6) is 0.180. The average Bonchev–Trinajstić information content (AvgIpc) is 2.29. The van der Waals surface area contributed by atoms with E-state index in [4.69, 9.17) is 4.74 Å². The second-order valence-electron chi connectivity index (χ2n) is 5.17. The monoisotopic (exact) mass is 234 g/mol. The maximum absolute atomic E-state index is 12.1. The van der Waals surface area contributed by atoms with Crippen LogP contribution >= 0.6 is 0 Å². The van der Waals surface area contributed by atoms with E-state index in [1.54, 1.807) is 6.08 Å². The van der Waals surface area contributed by atoms with Crippen LogP contribution in [0.5, 0.6) is 0 Å². The minimum atomic E-state index is -0.511. The average molecular weight is 234 g/mol. The first-order valence-corrected chi connectivity index (χ1v) is 6.78. The highest BCUT2D eigenvalue weighted by atomic mass is 16.5. The summed E-state index contributed by atoms with van der Waals surface area (Å²) in [6.45, 7) is 3.74. The van der Waals surface area contributed by atoms with Gasteiger partial charge in [0.05, 0.1) is 6.10 Å². The second kappa shape index (κ2) is 5.63. The molecule has 1 saturated carbocycles. The first-order valence-electron chi connectivity index (χ1n) is 6.78. The summed E-state index contributed by atoms with van der Waals surface area (Å²) in [5.41, 5.74) is -0.511. The lowest BCUT2D eigenvalue weighted by Gasteiger charge is -2.38. The van der Waals surface area contributed by atoms with E-state index in [2.05, 4.69) is 6.58 Å². The molecule has 0 saturated heterocycles. The van der Waals surface area contributed by atoms with E-state index in [0.717, 1.165) is 32.1 Å². The first-order chi connectivity index (χ1) is 8.27. The van der Waals surface area contributed by atoms with Crippen LogP contribution in [0.4, 0.5) is 0 Å². The minimum absolute atomic E-state index is 0.0460. The molecule has 0 radical (unpaired) electrons. The minimum Gasteiger partial charge on any atom is -0.359 e. The number of ether oxygens (including phenoxy) is 1. The summed E-state index contributed by atoms with van der Waals surface area (Å²) in [4.78, 5) is 12.1. The van der Waals surface area contributed by atoms with E-state index in [-0.39, 0.29) is 11.9 Å². The van der Waals surface area contributed by atoms with Gasteiger partial charge in [-0.15, -0.1) is 6.58 Å². The van der Waals surface area contributed by atoms with Gasteiger partial charge in [0.1, 0.15) is 5.60 Å². The number of carbonyl (C=O) groups is 1. The largest absolute Gasteiger partial charge is 0.359 e. The maximum atomic E-state index is 12.1. The summed E-state index contributed by atoms with van der Waals surface area (Å²) < 4.78 is 6.10. The fourth-order valence-electron chi connectivity index (χ4n) is 2.87. The molecule has 2 nitrogen and oxygen atoms in total. The normalized spacial score (nSPS) is 28.7. The molecule has 1 aliphatic carbocycles. The molecule has 1 aliphatic heterocycles. The van der Waals surface area contributed by atoms with Crippen LogP contribution in [0.15, 0.2) is 24.8 Å². The lowest BCUT2D eigenvalue weighted by Crippen LogP contribution is -2.46. The standard InChI is InChI=1S/C15H22O2/c1-2-8-13-9-10-14(16)15(17-13)11-6-4-3-5-7-12-15/h2,9-10,13H,1,3-8,11-12H2. The highest BCUT2D eigenvalue weighted by molar-refractivity contribution is 5.97. The molecule has 0 aromatic heterocycles. The molecule has 1 spiro atoms. The van der Waals surface area contributed by atoms with Crippen LogP contribution in [0, 0.1) is 0 Å². The van der Waals surface area contributed by atoms with Crippen LogP contribution in [0.2, 0.25) is 0 Å². The van der Waals surface area contributed by atoms with Gasteiger partial charge in [-0.05, 0) is 25.3 Å². The van der Waals surface area contributed by atoms with E-state index in [0.29, 0.717) is 0 Å². The SMILES string of the molecule is C=CCC1C=CC(=O)C2(CCCCCCC2)O1. The Bertz CT molecular complexity index is 309. The Hall–Kier alpha value is -0.890. The van der Waals surface area contributed by atoms with Gasteiger partial charge in [-0.3, -0.25) is 4.79 Å². The van der Waals surface area contributed by atoms with Crippen LogP contribution in [0.25, 0.3) is 0 Å². The summed E-state index contributed by atoms with van der Waals surface area (Å²) in [5, 5.41) is 0. The Balaban J connectivity index is 2.12. The molecule has 0 aromatic carbocycles. The van der Waals surface area contributed by atoms with Crippen molar-refractivity contribution in [2.45, 2.75) is 63.1 Å². The van der Waals surface area contributed by atoms with Crippen molar-refractivity contribution in [3.8, 4) is 0 Å². The molecule has 1 fully saturated rings. The molecule has 0 N–H and O–H groups in total. The second-order valence-corrected chi connectivity index (χ2v) is 5.17. The van der Waals surface area contributed by atoms with E-state index in [1.165, 1.54) is 19.3 Å². The van der Waals surface area contributed by atoms with Crippen LogP contribution in [-0.2, 0) is 9.53 Å². The van der Waals surface area contributed by atoms with Crippen LogP contribution < -0.4 is 0 Å². The third kappa shape index (κ3) is 2.86. The number of hydrogen-bond acceptors (Lipinski definition) is 2. The zero-order valence-corrected chi connectivity index (χ0v) is 10.5. The third-order valence-corrected chi connectivity index (χ3v) is 3.85. The molecule has 2 heteroatoms. The molecule has 0 aromatic rings. The number of ketones is 1. The lowest BCUT2D eigenvalue weighted by atomic mass is 9.81. The van der Waals surface area contributed by atoms with Crippen molar-refractivity contribution in [1.82, 2.24) is 0 Å². The summed E-state index contributed by atoms with van der Waals surface area (Å²) in [6, 6.07) is 0. The molecule has 1 heterocycles. The zero-order chi connectivity index (χ0) is 12.1. The van der Waals surface area contributed by atoms with Gasteiger partial charge in [0.2, 0.25) is 0 Å². The van der Waals surface area contributed by atoms with Crippen molar-refractivity contribution >= 4 is 5.78 Å². The Morgan fingerprint density at radius 2 is 1.94 bits per heavy atom. The Morgan fingerprint density at radius 3 is 2.59 bits per heavy atom. The van der Waals surface area contributed by atoms with Crippen LogP contribution in [-0.4, -0.2) is 17.5 Å². The summed E-state index contributed by atoms with van der Waals surface area (Å²) in [6.07, 6.45) is 14.1. The van der Waals surface area contributed by atoms with E-state index >= 15 is 0 Å². The third-order valence-electron chi connectivity index (χ3n) is 3.85. The van der Waals surface area contributed by atoms with Crippen molar-refractivity contribution in [1.29, 1.82) is 0 Å². The van der Waals surface area contributed by atoms with Crippen molar-refractivity contribution < 1.29 is 9.53 Å². The van der Waals surface area contributed by atoms with Gasteiger partial charge in [0.15, 0.2) is 5.78 Å². The van der Waals surface area contributed by atoms with Gasteiger partial charge in [-0.25, -0.2) is 0 Å². The topological polar surface area (TPSA) is 26.3 Å². The highest BCUT2D eigenvalue weighted by Gasteiger charge is 2.41. The van der Waals surface area contributed by atoms with Crippen molar-refractivity contribution in [2.75, 3.05) is 0 Å². The molecule has 0 amide bonds. The highest BCUT2D eigenvalue weighted by Crippen LogP contribution is 2.35. The fourth-order valence-corrected chi connectivity index (χ4v) is 2.87. The summed E-state index contributed by atoms with van der Waals surface area (Å²) in [7, 11) is 0. The molecule has 1 unspecified atom stereocenters. The summed E-state index contributed by atoms with van der Waals surface area (Å²) >= 11 is 0. The number of carbonyl (C=O) groups excluding carboxylic acids is 1. The molecule has 2 aliphatic rings. The fraction of sp³-hybridized carbons (Fsp3) is 0.667. The molecule has 1 atom stereocenters. The Kier molecular flexibility index (Phi) is 4.16. The van der Waals surface area contributed by atoms with E-state index in [1.807, 2.05) is 12.2 Å². The van der Waals surface area contributed by atoms with Gasteiger partial charge < -0.3 is 4.74 Å². The van der Waals surface area contributed by atoms with Crippen molar-refractivity contribution in [3.05, 3.63) is 24.8 Å². The predicted octanol–water partition coefficient (Wildman–Crippen LogP) is 3.57. The Labute approximate surface area is 104 Å². The van der Waals surface area contributed by atoms with E-state index in [9.17, 15) is 4.79 Å². The zero-order valence-electron chi connectivity index (χ0n) is 10.5. The maximum Gasteiger partial charge on any atom is 0.187 e. The van der Waals surface area contributed by atoms with Crippen LogP contribution in [0.3, 0.4) is 0 Å². The molecule has 94 valence electrons. The molecular formula is C15H22O2. The van der Waals surface area contributed by atoms with Crippen molar-refractivity contribution in [2.24, 2.45) is 0 Å². The first kappa shape index (κ1) is 12.6. The lowest BCUT2D eigenvalue weighted by molar-refractivity contribution is -0.151. The Morgan fingerprint density at radius 1 is 1.29 bits per heavy atom. The van der Waals surface area contributed by atoms with Gasteiger partial charge >= 0.3 is 0 Å². The predicted molar refractivity (Wildman–Crippen MR) is 68.9 cm³/mol. The van der Waals surface area contributed by atoms with Gasteiger partial charge in [-0.2, -0.15) is 0 Å². The van der Waals surface area contributed by atoms with Gasteiger partial charge in [0, 0.05) is 0 Å². The molecule has 17 heavy (non-hydrogen) atoms. The molecule has 0 bridgehead atoms. The van der Waals surface area contributed by atoms with Crippen molar-refractivity contribution in [3.63, 3.8) is 0 Å². The van der Waals surface area contributed by atoms with Gasteiger partial charge in [0.25, 0.3) is 0 Å². The molecular weight excluding hydrogens is 212 g/mol. The number of hydrogen-bond donors (Lipinski definition) is 0. The molecule has 2 rings (SSSR count). The smallest absolute Gasteiger partial charge is 0.187 e. The quantitative estimate of drug-likeness (QED) is 0.683. The van der Waals surface area contributed by atoms with E-state index < -0.39 is 5.60 Å². The number of rotatable bonds is 2.